The molecule has 6 nitrogen and oxygen atoms in total. The number of aromatic nitrogens is 2. The number of hydrogen-bond acceptors (Lipinski definition) is 5. The lowest BCUT2D eigenvalue weighted by molar-refractivity contribution is -0.00861. The van der Waals surface area contributed by atoms with E-state index in [2.05, 4.69) is 4.98 Å². The van der Waals surface area contributed by atoms with E-state index in [1.165, 1.54) is 0 Å². The second-order valence-electron chi connectivity index (χ2n) is 4.24. The van der Waals surface area contributed by atoms with Crippen LogP contribution in [0.15, 0.2) is 34.8 Å². The zero-order valence-electron chi connectivity index (χ0n) is 11.0. The first-order chi connectivity index (χ1) is 10.6. The Morgan fingerprint density at radius 2 is 2.14 bits per heavy atom. The number of hydrogen-bond donors (Lipinski definition) is 2. The van der Waals surface area contributed by atoms with E-state index in [4.69, 9.17) is 15.6 Å². The summed E-state index contributed by atoms with van der Waals surface area (Å²) < 4.78 is 44.1. The van der Waals surface area contributed by atoms with Gasteiger partial charge in [-0.15, -0.1) is 4.39 Å². The SMILES string of the molecule is Nc1nc(=O)n(C2OC(CO)C(=C/F)/C2=C\F)cc1C#CF. The van der Waals surface area contributed by atoms with Crippen LogP contribution in [0.5, 0.6) is 0 Å². The van der Waals surface area contributed by atoms with Gasteiger partial charge in [-0.3, -0.25) is 4.57 Å². The van der Waals surface area contributed by atoms with E-state index in [1.54, 1.807) is 0 Å². The molecule has 1 saturated heterocycles. The molecule has 2 rings (SSSR count). The van der Waals surface area contributed by atoms with Crippen LogP contribution in [-0.2, 0) is 4.74 Å². The highest BCUT2D eigenvalue weighted by molar-refractivity contribution is 5.49. The van der Waals surface area contributed by atoms with Crippen LogP contribution in [0.2, 0.25) is 0 Å². The van der Waals surface area contributed by atoms with E-state index in [0.29, 0.717) is 0 Å². The number of aliphatic hydroxyl groups is 1. The minimum Gasteiger partial charge on any atom is -0.393 e. The van der Waals surface area contributed by atoms with Crippen LogP contribution in [0.4, 0.5) is 19.0 Å². The van der Waals surface area contributed by atoms with Gasteiger partial charge in [0.1, 0.15) is 18.1 Å². The van der Waals surface area contributed by atoms with Crippen LogP contribution in [0, 0.1) is 12.1 Å². The number of ether oxygens (including phenoxy) is 1. The lowest BCUT2D eigenvalue weighted by Gasteiger charge is -2.15. The maximum Gasteiger partial charge on any atom is 0.351 e. The molecule has 0 aliphatic carbocycles. The zero-order valence-corrected chi connectivity index (χ0v) is 11.0. The molecule has 1 aromatic rings. The Morgan fingerprint density at radius 3 is 2.68 bits per heavy atom. The molecule has 116 valence electrons. The van der Waals surface area contributed by atoms with E-state index < -0.39 is 24.6 Å². The second-order valence-corrected chi connectivity index (χ2v) is 4.24. The lowest BCUT2D eigenvalue weighted by Crippen LogP contribution is -2.29. The van der Waals surface area contributed by atoms with Gasteiger partial charge in [-0.25, -0.2) is 13.6 Å². The van der Waals surface area contributed by atoms with Crippen LogP contribution >= 0.6 is 0 Å². The third-order valence-electron chi connectivity index (χ3n) is 3.06. The summed E-state index contributed by atoms with van der Waals surface area (Å²) in [7, 11) is 0. The Labute approximate surface area is 122 Å². The van der Waals surface area contributed by atoms with Crippen molar-refractivity contribution < 1.29 is 23.0 Å². The molecule has 3 N–H and O–H groups in total. The Hall–Kier alpha value is -2.57. The Kier molecular flexibility index (Phi) is 4.65. The van der Waals surface area contributed by atoms with Gasteiger partial charge in [0.2, 0.25) is 0 Å². The number of rotatable bonds is 2. The molecule has 1 aliphatic rings. The van der Waals surface area contributed by atoms with Gasteiger partial charge in [-0.2, -0.15) is 4.98 Å². The van der Waals surface area contributed by atoms with Crippen molar-refractivity contribution in [1.29, 1.82) is 0 Å². The van der Waals surface area contributed by atoms with Gasteiger partial charge in [0.15, 0.2) is 6.23 Å². The van der Waals surface area contributed by atoms with Crippen molar-refractivity contribution >= 4 is 5.82 Å². The quantitative estimate of drug-likeness (QED) is 0.785. The third-order valence-corrected chi connectivity index (χ3v) is 3.06. The predicted octanol–water partition coefficient (Wildman–Crippen LogP) is 0.701. The number of nitrogen functional groups attached to an aromatic ring is 1. The summed E-state index contributed by atoms with van der Waals surface area (Å²) in [5.74, 6) is 1.67. The summed E-state index contributed by atoms with van der Waals surface area (Å²) in [5, 5.41) is 9.12. The molecular weight excluding hydrogens is 303 g/mol. The van der Waals surface area contributed by atoms with Crippen LogP contribution in [-0.4, -0.2) is 27.4 Å². The molecule has 2 unspecified atom stereocenters. The van der Waals surface area contributed by atoms with Crippen LogP contribution in [0.1, 0.15) is 11.8 Å². The minimum atomic E-state index is -1.38. The molecular formula is C13H10F3N3O3. The van der Waals surface area contributed by atoms with E-state index in [9.17, 15) is 18.0 Å². The molecule has 1 aliphatic heterocycles. The zero-order chi connectivity index (χ0) is 16.3. The van der Waals surface area contributed by atoms with Crippen LogP contribution in [0.25, 0.3) is 0 Å². The molecule has 0 bridgehead atoms. The van der Waals surface area contributed by atoms with Crippen molar-refractivity contribution in [2.45, 2.75) is 12.3 Å². The molecule has 0 spiro atoms. The monoisotopic (exact) mass is 313 g/mol. The average Bonchev–Trinajstić information content (AvgIpc) is 2.87. The lowest BCUT2D eigenvalue weighted by atomic mass is 10.1. The Balaban J connectivity index is 2.58. The minimum absolute atomic E-state index is 0.0506. The third kappa shape index (κ3) is 2.61. The van der Waals surface area contributed by atoms with Gasteiger partial charge >= 0.3 is 5.69 Å². The van der Waals surface area contributed by atoms with Crippen molar-refractivity contribution in [2.75, 3.05) is 12.3 Å². The van der Waals surface area contributed by atoms with Gasteiger partial charge in [0, 0.05) is 17.3 Å². The summed E-state index contributed by atoms with van der Waals surface area (Å²) in [6.45, 7) is -0.627. The average molecular weight is 313 g/mol. The highest BCUT2D eigenvalue weighted by Crippen LogP contribution is 2.38. The van der Waals surface area contributed by atoms with Crippen molar-refractivity contribution in [3.05, 3.63) is 46.1 Å². The van der Waals surface area contributed by atoms with Crippen molar-refractivity contribution in [3.63, 3.8) is 0 Å². The van der Waals surface area contributed by atoms with E-state index in [0.717, 1.165) is 16.9 Å². The summed E-state index contributed by atoms with van der Waals surface area (Å²) in [4.78, 5) is 15.3. The fraction of sp³-hybridized carbons (Fsp3) is 0.231. The van der Waals surface area contributed by atoms with Gasteiger partial charge in [-0.1, -0.05) is 0 Å². The predicted molar refractivity (Wildman–Crippen MR) is 70.3 cm³/mol. The molecule has 0 radical (unpaired) electrons. The summed E-state index contributed by atoms with van der Waals surface area (Å²) >= 11 is 0. The van der Waals surface area contributed by atoms with Crippen LogP contribution in [0.3, 0.4) is 0 Å². The first-order valence-electron chi connectivity index (χ1n) is 5.94. The number of halogens is 3. The topological polar surface area (TPSA) is 90.4 Å². The molecule has 0 aromatic carbocycles. The van der Waals surface area contributed by atoms with E-state index >= 15 is 0 Å². The van der Waals surface area contributed by atoms with Gasteiger partial charge in [-0.05, 0) is 5.92 Å². The normalized spacial score (nSPS) is 24.5. The van der Waals surface area contributed by atoms with Gasteiger partial charge in [0.05, 0.1) is 24.8 Å². The molecule has 9 heteroatoms. The van der Waals surface area contributed by atoms with Gasteiger partial charge in [0.25, 0.3) is 0 Å². The van der Waals surface area contributed by atoms with Crippen LogP contribution < -0.4 is 11.4 Å². The fourth-order valence-electron chi connectivity index (χ4n) is 2.03. The highest BCUT2D eigenvalue weighted by Gasteiger charge is 2.37. The number of aliphatic hydroxyl groups excluding tert-OH is 1. The summed E-state index contributed by atoms with van der Waals surface area (Å²) in [5.41, 5.74) is 3.80. The van der Waals surface area contributed by atoms with Crippen molar-refractivity contribution in [3.8, 4) is 12.1 Å². The summed E-state index contributed by atoms with van der Waals surface area (Å²) in [6, 6.07) is 0. The van der Waals surface area contributed by atoms with E-state index in [1.807, 2.05) is 5.92 Å². The molecule has 0 amide bonds. The Bertz CT molecular complexity index is 761. The number of nitrogens with zero attached hydrogens (tertiary/aromatic N) is 2. The van der Waals surface area contributed by atoms with Crippen molar-refractivity contribution in [1.82, 2.24) is 9.55 Å². The number of anilines is 1. The maximum atomic E-state index is 13.1. The first-order valence-corrected chi connectivity index (χ1v) is 5.94. The molecule has 1 fully saturated rings. The maximum absolute atomic E-state index is 13.1. The molecule has 22 heavy (non-hydrogen) atoms. The van der Waals surface area contributed by atoms with E-state index in [-0.39, 0.29) is 35.2 Å². The Morgan fingerprint density at radius 1 is 1.45 bits per heavy atom. The standard InChI is InChI=1S/C13H10F3N3O3/c14-2-1-7-5-19(13(21)18-11(7)17)12-9(4-16)8(3-15)10(6-20)22-12/h3-5,10,12,20H,6H2,(H2,17,18,21)/b8-3+,9-4+. The molecule has 2 heterocycles. The first kappa shape index (κ1) is 15.8. The molecule has 0 saturated carbocycles. The second kappa shape index (κ2) is 6.46. The van der Waals surface area contributed by atoms with Gasteiger partial charge < -0.3 is 15.6 Å². The molecule has 2 atom stereocenters. The molecule has 1 aromatic heterocycles. The van der Waals surface area contributed by atoms with Crippen molar-refractivity contribution in [2.24, 2.45) is 0 Å². The number of nitrogens with two attached hydrogens (primary N) is 1. The largest absolute Gasteiger partial charge is 0.393 e. The summed E-state index contributed by atoms with van der Waals surface area (Å²) in [6.07, 6.45) is -0.300. The highest BCUT2D eigenvalue weighted by atomic mass is 19.1. The fourth-order valence-corrected chi connectivity index (χ4v) is 2.03. The smallest absolute Gasteiger partial charge is 0.351 e.